The molecule has 1 saturated heterocycles. The highest BCUT2D eigenvalue weighted by atomic mass is 19.4. The number of benzene rings is 1. The van der Waals surface area contributed by atoms with E-state index >= 15 is 0 Å². The fraction of sp³-hybridized carbons (Fsp3) is 0.526. The zero-order chi connectivity index (χ0) is 20.7. The van der Waals surface area contributed by atoms with E-state index in [2.05, 4.69) is 5.32 Å². The number of ketones is 1. The summed E-state index contributed by atoms with van der Waals surface area (Å²) in [6.07, 6.45) is -3.22. The Bertz CT molecular complexity index is 704. The molecular formula is C19H23F3N2O4. The molecule has 9 heteroatoms. The van der Waals surface area contributed by atoms with Crippen molar-refractivity contribution >= 4 is 17.8 Å². The number of Topliss-reactive ketones (excluding diaryl/α,β-unsaturated/α-hetero) is 1. The molecule has 1 aromatic rings. The predicted octanol–water partition coefficient (Wildman–Crippen LogP) is 3.26. The van der Waals surface area contributed by atoms with Crippen LogP contribution < -0.4 is 5.32 Å². The van der Waals surface area contributed by atoms with Gasteiger partial charge < -0.3 is 15.0 Å². The van der Waals surface area contributed by atoms with Crippen molar-refractivity contribution < 1.29 is 32.3 Å². The molecule has 0 saturated carbocycles. The van der Waals surface area contributed by atoms with Crippen LogP contribution in [0.25, 0.3) is 0 Å². The Balaban J connectivity index is 1.90. The molecular weight excluding hydrogens is 377 g/mol. The second-order valence-electron chi connectivity index (χ2n) is 6.51. The fourth-order valence-corrected chi connectivity index (χ4v) is 3.05. The molecule has 1 heterocycles. The molecule has 154 valence electrons. The largest absolute Gasteiger partial charge is 0.466 e. The highest BCUT2D eigenvalue weighted by molar-refractivity contribution is 5.98. The Morgan fingerprint density at radius 2 is 1.89 bits per heavy atom. The van der Waals surface area contributed by atoms with E-state index in [1.54, 1.807) is 6.92 Å². The van der Waals surface area contributed by atoms with Crippen LogP contribution in [0.5, 0.6) is 0 Å². The third kappa shape index (κ3) is 5.97. The lowest BCUT2D eigenvalue weighted by Gasteiger charge is -2.32. The van der Waals surface area contributed by atoms with Crippen LogP contribution in [0.1, 0.15) is 42.1 Å². The average Bonchev–Trinajstić information content (AvgIpc) is 2.67. The molecule has 1 aromatic carbocycles. The summed E-state index contributed by atoms with van der Waals surface area (Å²) in [4.78, 5) is 37.6. The third-order valence-electron chi connectivity index (χ3n) is 4.49. The van der Waals surface area contributed by atoms with Crippen molar-refractivity contribution in [1.29, 1.82) is 0 Å². The van der Waals surface area contributed by atoms with Crippen molar-refractivity contribution in [3.05, 3.63) is 35.4 Å². The molecule has 2 amide bonds. The van der Waals surface area contributed by atoms with Gasteiger partial charge in [-0.3, -0.25) is 9.59 Å². The number of halogens is 3. The summed E-state index contributed by atoms with van der Waals surface area (Å²) >= 11 is 0. The van der Waals surface area contributed by atoms with Crippen molar-refractivity contribution in [2.45, 2.75) is 32.4 Å². The minimum Gasteiger partial charge on any atom is -0.466 e. The normalized spacial score (nSPS) is 17.1. The summed E-state index contributed by atoms with van der Waals surface area (Å²) in [6.45, 7) is 2.75. The topological polar surface area (TPSA) is 75.7 Å². The second kappa shape index (κ2) is 9.57. The molecule has 1 aliphatic rings. The number of hydrogen-bond donors (Lipinski definition) is 1. The zero-order valence-corrected chi connectivity index (χ0v) is 15.6. The number of nitrogens with one attached hydrogen (secondary N) is 1. The Labute approximate surface area is 161 Å². The van der Waals surface area contributed by atoms with Crippen LogP contribution in [0, 0.1) is 5.92 Å². The molecule has 0 unspecified atom stereocenters. The van der Waals surface area contributed by atoms with Gasteiger partial charge in [0.1, 0.15) is 0 Å². The van der Waals surface area contributed by atoms with E-state index in [0.29, 0.717) is 19.4 Å². The standard InChI is InChI=1S/C19H23F3N2O4/c1-2-28-16(25)9-10-23-18(27)24-11-3-4-14(12-24)17(26)13-5-7-15(8-6-13)19(20,21)22/h5-8,14H,2-4,9-12H2,1H3,(H,23,27)/t14-/m0/s1. The third-order valence-corrected chi connectivity index (χ3v) is 4.49. The van der Waals surface area contributed by atoms with Crippen LogP contribution in [0.4, 0.5) is 18.0 Å². The molecule has 28 heavy (non-hydrogen) atoms. The van der Waals surface area contributed by atoms with E-state index in [-0.39, 0.29) is 43.5 Å². The predicted molar refractivity (Wildman–Crippen MR) is 94.7 cm³/mol. The van der Waals surface area contributed by atoms with Gasteiger partial charge in [0.25, 0.3) is 0 Å². The first-order chi connectivity index (χ1) is 13.2. The van der Waals surface area contributed by atoms with Crippen LogP contribution in [-0.4, -0.2) is 48.9 Å². The first-order valence-corrected chi connectivity index (χ1v) is 9.12. The summed E-state index contributed by atoms with van der Waals surface area (Å²) < 4.78 is 42.7. The van der Waals surface area contributed by atoms with E-state index in [1.807, 2.05) is 0 Å². The molecule has 1 N–H and O–H groups in total. The lowest BCUT2D eigenvalue weighted by atomic mass is 9.90. The lowest BCUT2D eigenvalue weighted by Crippen LogP contribution is -2.47. The van der Waals surface area contributed by atoms with Gasteiger partial charge in [0.05, 0.1) is 18.6 Å². The van der Waals surface area contributed by atoms with Crippen molar-refractivity contribution in [2.24, 2.45) is 5.92 Å². The highest BCUT2D eigenvalue weighted by Crippen LogP contribution is 2.30. The van der Waals surface area contributed by atoms with E-state index in [9.17, 15) is 27.6 Å². The number of alkyl halides is 3. The highest BCUT2D eigenvalue weighted by Gasteiger charge is 2.32. The minimum absolute atomic E-state index is 0.0569. The van der Waals surface area contributed by atoms with E-state index in [4.69, 9.17) is 4.74 Å². The van der Waals surface area contributed by atoms with Crippen molar-refractivity contribution in [3.63, 3.8) is 0 Å². The number of rotatable bonds is 6. The van der Waals surface area contributed by atoms with Gasteiger partial charge >= 0.3 is 18.2 Å². The zero-order valence-electron chi connectivity index (χ0n) is 15.6. The Hall–Kier alpha value is -2.58. The molecule has 1 fully saturated rings. The van der Waals surface area contributed by atoms with Gasteiger partial charge in [-0.05, 0) is 31.9 Å². The molecule has 2 rings (SSSR count). The monoisotopic (exact) mass is 400 g/mol. The lowest BCUT2D eigenvalue weighted by molar-refractivity contribution is -0.143. The first kappa shape index (κ1) is 21.7. The first-order valence-electron chi connectivity index (χ1n) is 9.12. The quantitative estimate of drug-likeness (QED) is 0.588. The van der Waals surface area contributed by atoms with Crippen molar-refractivity contribution in [3.8, 4) is 0 Å². The van der Waals surface area contributed by atoms with E-state index in [1.165, 1.54) is 17.0 Å². The maximum atomic E-state index is 12.6. The number of likely N-dealkylation sites (tertiary alicyclic amines) is 1. The molecule has 1 atom stereocenters. The summed E-state index contributed by atoms with van der Waals surface area (Å²) in [5.74, 6) is -1.16. The van der Waals surface area contributed by atoms with Crippen LogP contribution in [0.15, 0.2) is 24.3 Å². The molecule has 0 aromatic heterocycles. The van der Waals surface area contributed by atoms with Gasteiger partial charge in [-0.25, -0.2) is 4.79 Å². The number of carbonyl (C=O) groups is 3. The van der Waals surface area contributed by atoms with Crippen molar-refractivity contribution in [1.82, 2.24) is 10.2 Å². The summed E-state index contributed by atoms with van der Waals surface area (Å²) in [7, 11) is 0. The molecule has 6 nitrogen and oxygen atoms in total. The molecule has 0 bridgehead atoms. The number of urea groups is 1. The Morgan fingerprint density at radius 3 is 2.50 bits per heavy atom. The number of esters is 1. The molecule has 0 radical (unpaired) electrons. The van der Waals surface area contributed by atoms with Crippen LogP contribution in [0.3, 0.4) is 0 Å². The van der Waals surface area contributed by atoms with E-state index < -0.39 is 23.6 Å². The molecule has 0 aliphatic carbocycles. The second-order valence-corrected chi connectivity index (χ2v) is 6.51. The van der Waals surface area contributed by atoms with Gasteiger partial charge in [0.15, 0.2) is 5.78 Å². The van der Waals surface area contributed by atoms with Gasteiger partial charge in [0.2, 0.25) is 0 Å². The number of hydrogen-bond acceptors (Lipinski definition) is 4. The molecule has 0 spiro atoms. The van der Waals surface area contributed by atoms with Crippen LogP contribution >= 0.6 is 0 Å². The summed E-state index contributed by atoms with van der Waals surface area (Å²) in [6, 6.07) is 3.73. The van der Waals surface area contributed by atoms with Crippen molar-refractivity contribution in [2.75, 3.05) is 26.2 Å². The molecule has 1 aliphatic heterocycles. The SMILES string of the molecule is CCOC(=O)CCNC(=O)N1CCC[C@H](C(=O)c2ccc(C(F)(F)F)cc2)C1. The number of carbonyl (C=O) groups excluding carboxylic acids is 3. The minimum atomic E-state index is -4.45. The van der Waals surface area contributed by atoms with Crippen LogP contribution in [0.2, 0.25) is 0 Å². The van der Waals surface area contributed by atoms with Crippen LogP contribution in [-0.2, 0) is 15.7 Å². The average molecular weight is 400 g/mol. The smallest absolute Gasteiger partial charge is 0.416 e. The summed E-state index contributed by atoms with van der Waals surface area (Å²) in [5, 5.41) is 2.61. The summed E-state index contributed by atoms with van der Waals surface area (Å²) in [5.41, 5.74) is -0.613. The van der Waals surface area contributed by atoms with Gasteiger partial charge in [-0.1, -0.05) is 12.1 Å². The van der Waals surface area contributed by atoms with E-state index in [0.717, 1.165) is 12.1 Å². The Kier molecular flexibility index (Phi) is 7.42. The van der Waals surface area contributed by atoms with Gasteiger partial charge in [-0.2, -0.15) is 13.2 Å². The Morgan fingerprint density at radius 1 is 1.21 bits per heavy atom. The maximum Gasteiger partial charge on any atom is 0.416 e. The fourth-order valence-electron chi connectivity index (χ4n) is 3.05. The maximum absolute atomic E-state index is 12.6. The number of ether oxygens (including phenoxy) is 1. The number of amides is 2. The number of nitrogens with zero attached hydrogens (tertiary/aromatic N) is 1. The van der Waals surface area contributed by atoms with Gasteiger partial charge in [0, 0.05) is 31.1 Å². The van der Waals surface area contributed by atoms with Gasteiger partial charge in [-0.15, -0.1) is 0 Å². The number of piperidine rings is 1.